The van der Waals surface area contributed by atoms with Gasteiger partial charge in [0, 0.05) is 16.5 Å². The quantitative estimate of drug-likeness (QED) is 0.511. The molecule has 0 aliphatic carbocycles. The summed E-state index contributed by atoms with van der Waals surface area (Å²) in [6.45, 7) is 0. The van der Waals surface area contributed by atoms with Crippen LogP contribution in [0.15, 0.2) is 77.0 Å². The number of pyridine rings is 1. The van der Waals surface area contributed by atoms with Crippen LogP contribution >= 0.6 is 11.8 Å². The largest absolute Gasteiger partial charge is 0.493 e. The van der Waals surface area contributed by atoms with E-state index in [1.807, 2.05) is 48.5 Å². The molecule has 7 heteroatoms. The Morgan fingerprint density at radius 3 is 2.56 bits per heavy atom. The van der Waals surface area contributed by atoms with Crippen LogP contribution in [-0.4, -0.2) is 22.1 Å². The van der Waals surface area contributed by atoms with Gasteiger partial charge in [-0.15, -0.1) is 0 Å². The summed E-state index contributed by atoms with van der Waals surface area (Å²) in [4.78, 5) is 13.9. The van der Waals surface area contributed by atoms with E-state index in [9.17, 15) is 0 Å². The van der Waals surface area contributed by atoms with Gasteiger partial charge in [0.2, 0.25) is 5.88 Å². The van der Waals surface area contributed by atoms with Crippen LogP contribution in [0.25, 0.3) is 10.9 Å². The predicted molar refractivity (Wildman–Crippen MR) is 105 cm³/mol. The smallest absolute Gasteiger partial charge is 0.247 e. The first-order chi connectivity index (χ1) is 13.3. The van der Waals surface area contributed by atoms with E-state index in [-0.39, 0.29) is 5.88 Å². The molecule has 6 nitrogen and oxygen atoms in total. The first-order valence-electron chi connectivity index (χ1n) is 8.19. The molecule has 0 amide bonds. The minimum atomic E-state index is 0.283. The molecule has 2 heterocycles. The fourth-order valence-electron chi connectivity index (χ4n) is 2.60. The van der Waals surface area contributed by atoms with Gasteiger partial charge in [-0.05, 0) is 24.3 Å². The fourth-order valence-corrected chi connectivity index (χ4v) is 3.52. The van der Waals surface area contributed by atoms with Gasteiger partial charge in [-0.2, -0.15) is 4.98 Å². The zero-order valence-corrected chi connectivity index (χ0v) is 15.3. The topological polar surface area (TPSA) is 83.2 Å². The standard InChI is InChI=1S/C20H16N4O2S/c1-25-14-8-2-3-9-15(14)26-19-17(21)20(24-12-23-19)27-16-10-4-6-13-7-5-11-22-18(13)16/h2-12H,21H2,1H3. The molecule has 0 fully saturated rings. The second kappa shape index (κ2) is 7.51. The Balaban J connectivity index is 1.68. The summed E-state index contributed by atoms with van der Waals surface area (Å²) in [5.41, 5.74) is 7.54. The Bertz CT molecular complexity index is 1100. The number of methoxy groups -OCH3 is 1. The molecule has 0 radical (unpaired) electrons. The first kappa shape index (κ1) is 17.1. The summed E-state index contributed by atoms with van der Waals surface area (Å²) >= 11 is 1.43. The van der Waals surface area contributed by atoms with Gasteiger partial charge >= 0.3 is 0 Å². The second-order valence-corrected chi connectivity index (χ2v) is 6.61. The lowest BCUT2D eigenvalue weighted by atomic mass is 10.2. The van der Waals surface area contributed by atoms with Crippen molar-refractivity contribution in [2.45, 2.75) is 9.92 Å². The number of ether oxygens (including phenoxy) is 2. The molecule has 0 aliphatic rings. The van der Waals surface area contributed by atoms with Crippen molar-refractivity contribution < 1.29 is 9.47 Å². The summed E-state index contributed by atoms with van der Waals surface area (Å²) in [7, 11) is 1.58. The molecule has 2 N–H and O–H groups in total. The Morgan fingerprint density at radius 1 is 0.889 bits per heavy atom. The number of aromatic nitrogens is 3. The SMILES string of the molecule is COc1ccccc1Oc1ncnc(Sc2cccc3cccnc23)c1N. The fraction of sp³-hybridized carbons (Fsp3) is 0.0500. The molecule has 0 saturated heterocycles. The Morgan fingerprint density at radius 2 is 1.70 bits per heavy atom. The third kappa shape index (κ3) is 3.50. The van der Waals surface area contributed by atoms with Crippen LogP contribution in [0.5, 0.6) is 17.4 Å². The lowest BCUT2D eigenvalue weighted by Crippen LogP contribution is -2.00. The summed E-state index contributed by atoms with van der Waals surface area (Å²) in [6.07, 6.45) is 3.20. The van der Waals surface area contributed by atoms with Gasteiger partial charge in [-0.25, -0.2) is 4.98 Å². The summed E-state index contributed by atoms with van der Waals surface area (Å²) in [5.74, 6) is 1.42. The minimum absolute atomic E-state index is 0.283. The minimum Gasteiger partial charge on any atom is -0.493 e. The third-order valence-electron chi connectivity index (χ3n) is 3.89. The van der Waals surface area contributed by atoms with Crippen molar-refractivity contribution in [3.05, 3.63) is 67.1 Å². The van der Waals surface area contributed by atoms with Gasteiger partial charge in [-0.3, -0.25) is 4.98 Å². The number of benzene rings is 2. The molecule has 0 bridgehead atoms. The monoisotopic (exact) mass is 376 g/mol. The molecular formula is C20H16N4O2S. The third-order valence-corrected chi connectivity index (χ3v) is 4.96. The highest BCUT2D eigenvalue weighted by Crippen LogP contribution is 2.39. The maximum absolute atomic E-state index is 6.28. The Kier molecular flexibility index (Phi) is 4.76. The molecule has 2 aromatic heterocycles. The van der Waals surface area contributed by atoms with Crippen LogP contribution in [0.1, 0.15) is 0 Å². The van der Waals surface area contributed by atoms with E-state index in [2.05, 4.69) is 15.0 Å². The second-order valence-electron chi connectivity index (χ2n) is 5.58. The molecule has 0 unspecified atom stereocenters. The van der Waals surface area contributed by atoms with E-state index in [1.165, 1.54) is 18.1 Å². The average Bonchev–Trinajstić information content (AvgIpc) is 2.71. The van der Waals surface area contributed by atoms with E-state index in [0.717, 1.165) is 15.8 Å². The van der Waals surface area contributed by atoms with Crippen molar-refractivity contribution in [3.63, 3.8) is 0 Å². The van der Waals surface area contributed by atoms with Crippen LogP contribution in [0.4, 0.5) is 5.69 Å². The lowest BCUT2D eigenvalue weighted by molar-refractivity contribution is 0.374. The van der Waals surface area contributed by atoms with Crippen molar-refractivity contribution in [1.29, 1.82) is 0 Å². The van der Waals surface area contributed by atoms with Crippen LogP contribution in [0.3, 0.4) is 0 Å². The highest BCUT2D eigenvalue weighted by molar-refractivity contribution is 7.99. The van der Waals surface area contributed by atoms with Crippen molar-refractivity contribution >= 4 is 28.4 Å². The molecule has 0 saturated carbocycles. The van der Waals surface area contributed by atoms with Crippen molar-refractivity contribution in [1.82, 2.24) is 15.0 Å². The summed E-state index contributed by atoms with van der Waals surface area (Å²) < 4.78 is 11.2. The number of hydrogen-bond acceptors (Lipinski definition) is 7. The number of rotatable bonds is 5. The lowest BCUT2D eigenvalue weighted by Gasteiger charge is -2.12. The average molecular weight is 376 g/mol. The predicted octanol–water partition coefficient (Wildman–Crippen LogP) is 4.56. The van der Waals surface area contributed by atoms with Crippen molar-refractivity contribution in [3.8, 4) is 17.4 Å². The van der Waals surface area contributed by atoms with Crippen molar-refractivity contribution in [2.24, 2.45) is 0 Å². The van der Waals surface area contributed by atoms with Gasteiger partial charge in [0.25, 0.3) is 0 Å². The molecule has 134 valence electrons. The zero-order valence-electron chi connectivity index (χ0n) is 14.5. The highest BCUT2D eigenvalue weighted by atomic mass is 32.2. The molecule has 0 aliphatic heterocycles. The van der Waals surface area contributed by atoms with Gasteiger partial charge in [0.15, 0.2) is 11.5 Å². The maximum atomic E-state index is 6.28. The van der Waals surface area contributed by atoms with E-state index >= 15 is 0 Å². The van der Waals surface area contributed by atoms with E-state index in [1.54, 1.807) is 19.4 Å². The normalized spacial score (nSPS) is 10.7. The Labute approximate surface area is 160 Å². The van der Waals surface area contributed by atoms with Gasteiger partial charge in [-0.1, -0.05) is 42.1 Å². The number of fused-ring (bicyclic) bond motifs is 1. The van der Waals surface area contributed by atoms with Gasteiger partial charge in [0.05, 0.1) is 12.6 Å². The maximum Gasteiger partial charge on any atom is 0.247 e. The molecular weight excluding hydrogens is 360 g/mol. The number of hydrogen-bond donors (Lipinski definition) is 1. The summed E-state index contributed by atoms with van der Waals surface area (Å²) in [5, 5.41) is 1.66. The molecule has 0 atom stereocenters. The Hall–Kier alpha value is -3.32. The summed E-state index contributed by atoms with van der Waals surface area (Å²) in [6, 6.07) is 17.2. The molecule has 2 aromatic carbocycles. The highest BCUT2D eigenvalue weighted by Gasteiger charge is 2.15. The van der Waals surface area contributed by atoms with Gasteiger partial charge < -0.3 is 15.2 Å². The van der Waals surface area contributed by atoms with E-state index in [0.29, 0.717) is 22.2 Å². The number of nitrogens with zero attached hydrogens (tertiary/aromatic N) is 3. The molecule has 4 aromatic rings. The van der Waals surface area contributed by atoms with Crippen LogP contribution < -0.4 is 15.2 Å². The van der Waals surface area contributed by atoms with Crippen LogP contribution in [-0.2, 0) is 0 Å². The number of para-hydroxylation sites is 3. The zero-order chi connectivity index (χ0) is 18.6. The van der Waals surface area contributed by atoms with Crippen LogP contribution in [0, 0.1) is 0 Å². The van der Waals surface area contributed by atoms with Gasteiger partial charge in [0.1, 0.15) is 17.0 Å². The number of nitrogen functional groups attached to an aromatic ring is 1. The number of anilines is 1. The first-order valence-corrected chi connectivity index (χ1v) is 9.01. The number of nitrogens with two attached hydrogens (primary N) is 1. The molecule has 27 heavy (non-hydrogen) atoms. The molecule has 4 rings (SSSR count). The molecule has 0 spiro atoms. The van der Waals surface area contributed by atoms with E-state index in [4.69, 9.17) is 15.2 Å². The van der Waals surface area contributed by atoms with Crippen LogP contribution in [0.2, 0.25) is 0 Å². The van der Waals surface area contributed by atoms with Crippen molar-refractivity contribution in [2.75, 3.05) is 12.8 Å². The van der Waals surface area contributed by atoms with E-state index < -0.39 is 0 Å².